The Hall–Kier alpha value is -3.98. The molecular weight excluding hydrogens is 1590 g/mol. The van der Waals surface area contributed by atoms with E-state index in [2.05, 4.69) is 193 Å². The zero-order valence-electron chi connectivity index (χ0n) is 82.1. The topological polar surface area (TPSA) is 235 Å². The Labute approximate surface area is 736 Å². The maximum absolute atomic E-state index is 14.6. The fraction of sp³-hybridized carbons (Fsp3) is 0.763. The Bertz CT molecular complexity index is 3960. The average Bonchev–Trinajstić information content (AvgIpc) is 1.55. The van der Waals surface area contributed by atoms with Crippen LogP contribution in [-0.4, -0.2) is 151 Å². The summed E-state index contributed by atoms with van der Waals surface area (Å²) in [5.41, 5.74) is 2.16. The van der Waals surface area contributed by atoms with E-state index in [4.69, 9.17) is 60.3 Å². The van der Waals surface area contributed by atoms with E-state index < -0.39 is 81.8 Å². The van der Waals surface area contributed by atoms with Crippen LogP contribution in [0.4, 0.5) is 0 Å². The normalized spacial score (nSPS) is 26.3. The summed E-state index contributed by atoms with van der Waals surface area (Å²) < 4.78 is 125. The number of aromatic nitrogens is 4. The number of aliphatic hydroxyl groups is 1. The van der Waals surface area contributed by atoms with Gasteiger partial charge in [0.15, 0.2) is 5.65 Å². The van der Waals surface area contributed by atoms with Crippen LogP contribution in [-0.2, 0) is 70.1 Å². The van der Waals surface area contributed by atoms with E-state index in [1.165, 1.54) is 6.33 Å². The van der Waals surface area contributed by atoms with Crippen molar-refractivity contribution in [3.05, 3.63) is 114 Å². The molecule has 24 heteroatoms. The van der Waals surface area contributed by atoms with Crippen molar-refractivity contribution >= 4 is 34.0 Å². The Balaban J connectivity index is 0.000000491. The Morgan fingerprint density at radius 1 is 0.471 bits per heavy atom. The monoisotopic (exact) mass is 1760 g/mol. The molecule has 8 rings (SSSR count). The summed E-state index contributed by atoms with van der Waals surface area (Å²) in [7, 11) is -5.51. The SMILES string of the molecule is C.CCC(C)C(C)C(C)C(C)(OP(C)(=O)OC1CC(C)OC1CO)C(C)C(C)CC.CCC(C)C(C)C(C)C(C)(OP(C)(=O)OC1CC(C)OC1COC(c1ccccc1)(c1ccc(OC)cc1)c1ccc(OC)cc1)C(C)C(C)CC.CCC(C)C(C)C(C)C(C)(OP(C)(=O)OC1CC(n2cnc3c(C)ncnc32)OC1COC)C(C)C(C)CC.[H+].[H+]. The molecule has 21 nitrogen and oxygen atoms in total. The first kappa shape index (κ1) is 108. The molecule has 2 aromatic heterocycles. The van der Waals surface area contributed by atoms with Gasteiger partial charge in [-0.2, -0.15) is 0 Å². The van der Waals surface area contributed by atoms with Gasteiger partial charge in [0.25, 0.3) is 0 Å². The molecule has 0 aliphatic carbocycles. The summed E-state index contributed by atoms with van der Waals surface area (Å²) in [5.74, 6) is 6.62. The van der Waals surface area contributed by atoms with Gasteiger partial charge in [-0.25, -0.2) is 15.0 Å². The van der Waals surface area contributed by atoms with E-state index >= 15 is 0 Å². The number of hydrogen-bond donors (Lipinski definition) is 1. The number of nitrogens with zero attached hydrogens (tertiary/aromatic N) is 4. The largest absolute Gasteiger partial charge is 1.00 e. The molecule has 0 saturated carbocycles. The average molecular weight is 1760 g/mol. The number of methoxy groups -OCH3 is 3. The zero-order valence-corrected chi connectivity index (χ0v) is 82.8. The molecule has 0 amide bonds. The number of benzene rings is 3. The van der Waals surface area contributed by atoms with E-state index in [1.54, 1.807) is 47.7 Å². The number of aliphatic hydroxyl groups excluding tert-OH is 1. The predicted molar refractivity (Wildman–Crippen MR) is 496 cm³/mol. The molecule has 0 radical (unpaired) electrons. The molecule has 1 N–H and O–H groups in total. The van der Waals surface area contributed by atoms with Crippen molar-refractivity contribution in [3.8, 4) is 11.5 Å². The lowest BCUT2D eigenvalue weighted by Crippen LogP contribution is -2.48. The summed E-state index contributed by atoms with van der Waals surface area (Å²) in [6, 6.07) is 26.2. The number of ether oxygens (including phenoxy) is 7. The highest BCUT2D eigenvalue weighted by Crippen LogP contribution is 2.61. The molecule has 3 aliphatic heterocycles. The summed E-state index contributed by atoms with van der Waals surface area (Å²) >= 11 is 0. The second kappa shape index (κ2) is 47.4. The van der Waals surface area contributed by atoms with Crippen molar-refractivity contribution in [2.45, 2.75) is 330 Å². The van der Waals surface area contributed by atoms with Gasteiger partial charge in [0, 0.05) is 46.4 Å². The van der Waals surface area contributed by atoms with Gasteiger partial charge in [-0.15, -0.1) is 0 Å². The highest BCUT2D eigenvalue weighted by Gasteiger charge is 2.53. The van der Waals surface area contributed by atoms with Crippen LogP contribution in [0.15, 0.2) is 91.5 Å². The van der Waals surface area contributed by atoms with E-state index in [1.807, 2.05) is 92.1 Å². The Morgan fingerprint density at radius 2 is 0.818 bits per heavy atom. The standard InChI is InChI=1S/C44H65O7P.C29H51N4O5P.C23H47O5P.CH4/c1-13-30(3)33(6)35(8)43(9,34(7)31(4)14-2)51-52(12,45)50-41-28-32(5)49-42(41)29-48-44(36-18-16-15-17-19-36,37-20-24-39(46-10)25-21-37)38-22-26-40(47-11)27-23-38;1-12-18(3)20(5)22(7)29(9,21(6)19(4)13-2)38-39(11,34)37-24-14-26(36-25(24)15-35-10)33-17-32-27-23(8)30-16-31-28(27)33;1-11-15(3)18(6)20(8)23(9,19(7)16(4)12-2)28-29(10,25)27-21-13-17(5)26-22(21)14-24;/h15-27,30-35,41-42H,13-14,28-29H2,1-12H3;16-22,24-26H,12-15H2,1-11H3;15-22,24H,11-14H2,1-10H3;1H4/p+2. The number of aryl methyl sites for hydroxylation is 1. The van der Waals surface area contributed by atoms with Crippen molar-refractivity contribution in [1.82, 2.24) is 19.5 Å². The fourth-order valence-corrected chi connectivity index (χ4v) is 24.1. The van der Waals surface area contributed by atoms with Crippen LogP contribution in [0.25, 0.3) is 11.2 Å². The lowest BCUT2D eigenvalue weighted by molar-refractivity contribution is -0.0902. The van der Waals surface area contributed by atoms with Crippen molar-refractivity contribution in [3.63, 3.8) is 0 Å². The molecule has 121 heavy (non-hydrogen) atoms. The first-order valence-electron chi connectivity index (χ1n) is 45.4. The second-order valence-corrected chi connectivity index (χ2v) is 43.0. The Kier molecular flexibility index (Phi) is 42.1. The summed E-state index contributed by atoms with van der Waals surface area (Å²) in [6.45, 7) is 64.6. The van der Waals surface area contributed by atoms with Crippen molar-refractivity contribution in [2.75, 3.05) is 61.1 Å². The molecule has 0 bridgehead atoms. The van der Waals surface area contributed by atoms with E-state index in [9.17, 15) is 18.8 Å². The maximum Gasteiger partial charge on any atom is 1.00 e. The van der Waals surface area contributed by atoms with Crippen LogP contribution >= 0.6 is 22.8 Å². The van der Waals surface area contributed by atoms with Gasteiger partial charge in [0.1, 0.15) is 53.5 Å². The third-order valence-corrected chi connectivity index (χ3v) is 34.1. The number of rotatable bonds is 45. The van der Waals surface area contributed by atoms with Crippen molar-refractivity contribution in [1.29, 1.82) is 0 Å². The quantitative estimate of drug-likeness (QED) is 0.0282. The van der Waals surface area contributed by atoms with Gasteiger partial charge in [-0.1, -0.05) is 246 Å². The van der Waals surface area contributed by atoms with Crippen molar-refractivity contribution < 1.29 is 82.0 Å². The molecule has 5 heterocycles. The summed E-state index contributed by atoms with van der Waals surface area (Å²) in [5, 5.41) is 9.59. The third-order valence-electron chi connectivity index (χ3n) is 29.9. The molecule has 3 aliphatic rings. The van der Waals surface area contributed by atoms with Crippen LogP contribution in [0.3, 0.4) is 0 Å². The van der Waals surface area contributed by atoms with Gasteiger partial charge < -0.3 is 65.4 Å². The predicted octanol–water partition coefficient (Wildman–Crippen LogP) is 25.2. The van der Waals surface area contributed by atoms with Gasteiger partial charge in [-0.3, -0.25) is 18.3 Å². The lowest BCUT2D eigenvalue weighted by atomic mass is 9.67. The number of hydrogen-bond acceptors (Lipinski definition) is 20. The van der Waals surface area contributed by atoms with E-state index in [-0.39, 0.29) is 77.4 Å². The van der Waals surface area contributed by atoms with Crippen LogP contribution in [0, 0.1) is 95.7 Å². The van der Waals surface area contributed by atoms with Crippen LogP contribution in [0.5, 0.6) is 11.5 Å². The smallest absolute Gasteiger partial charge is 0.497 e. The van der Waals surface area contributed by atoms with E-state index in [0.717, 1.165) is 77.9 Å². The first-order chi connectivity index (χ1) is 56.3. The van der Waals surface area contributed by atoms with Gasteiger partial charge in [0.05, 0.1) is 93.4 Å². The first-order valence-corrected chi connectivity index (χ1v) is 51.3. The summed E-state index contributed by atoms with van der Waals surface area (Å²) in [4.78, 5) is 13.2. The minimum atomic E-state index is -3.58. The minimum Gasteiger partial charge on any atom is -0.497 e. The zero-order chi connectivity index (χ0) is 90.0. The maximum atomic E-state index is 14.6. The van der Waals surface area contributed by atoms with Gasteiger partial charge in [-0.05, 0) is 171 Å². The molecule has 692 valence electrons. The highest BCUT2D eigenvalue weighted by molar-refractivity contribution is 7.53. The van der Waals surface area contributed by atoms with E-state index in [0.29, 0.717) is 84.8 Å². The minimum absolute atomic E-state index is 0. The molecule has 3 saturated heterocycles. The van der Waals surface area contributed by atoms with Crippen LogP contribution < -0.4 is 9.47 Å². The third kappa shape index (κ3) is 26.8. The van der Waals surface area contributed by atoms with Gasteiger partial charge in [0.2, 0.25) is 0 Å². The molecule has 30 unspecified atom stereocenters. The Morgan fingerprint density at radius 3 is 1.17 bits per heavy atom. The second-order valence-electron chi connectivity index (χ2n) is 37.2. The van der Waals surface area contributed by atoms with Crippen LogP contribution in [0.1, 0.15) is 277 Å². The molecule has 3 fully saturated rings. The highest BCUT2D eigenvalue weighted by atomic mass is 31.2. The van der Waals surface area contributed by atoms with Crippen molar-refractivity contribution in [2.24, 2.45) is 88.8 Å². The molecule has 5 aromatic rings. The molecule has 3 aromatic carbocycles. The summed E-state index contributed by atoms with van der Waals surface area (Å²) in [6.07, 6.45) is 8.03. The lowest BCUT2D eigenvalue weighted by Gasteiger charge is -2.47. The fourth-order valence-electron chi connectivity index (χ4n) is 18.7. The van der Waals surface area contributed by atoms with Crippen LogP contribution in [0.2, 0.25) is 0 Å². The van der Waals surface area contributed by atoms with Gasteiger partial charge >= 0.3 is 25.6 Å². The molecule has 0 spiro atoms. The number of fused-ring (bicyclic) bond motifs is 1. The molecular formula is C97H169N4O17P3+2. The number of imidazole rings is 1. The molecule has 30 atom stereocenters.